The molecule has 0 bridgehead atoms. The Bertz CT molecular complexity index is 293. The van der Waals surface area contributed by atoms with Gasteiger partial charge in [-0.05, 0) is 24.3 Å². The van der Waals surface area contributed by atoms with Gasteiger partial charge in [0, 0.05) is 5.54 Å². The molecule has 1 saturated carbocycles. The molecule has 1 nitrogen and oxygen atoms in total. The molecule has 2 N–H and O–H groups in total. The summed E-state index contributed by atoms with van der Waals surface area (Å²) < 4.78 is 0. The molecule has 0 amide bonds. The van der Waals surface area contributed by atoms with E-state index in [0.29, 0.717) is 5.92 Å². The molecule has 1 aromatic rings. The van der Waals surface area contributed by atoms with Crippen LogP contribution in [0.3, 0.4) is 0 Å². The van der Waals surface area contributed by atoms with E-state index < -0.39 is 0 Å². The number of rotatable bonds is 1. The van der Waals surface area contributed by atoms with Crippen LogP contribution in [-0.4, -0.2) is 0 Å². The average Bonchev–Trinajstić information content (AvgIpc) is 2.24. The van der Waals surface area contributed by atoms with Gasteiger partial charge < -0.3 is 5.73 Å². The predicted molar refractivity (Wildman–Crippen MR) is 59.9 cm³/mol. The fraction of sp³-hybridized carbons (Fsp3) is 0.538. The fourth-order valence-electron chi connectivity index (χ4n) is 2.55. The molecule has 1 aromatic carbocycles. The molecule has 0 aliphatic heterocycles. The summed E-state index contributed by atoms with van der Waals surface area (Å²) in [6.07, 6.45) is 5.02. The highest BCUT2D eigenvalue weighted by Gasteiger charge is 2.35. The summed E-state index contributed by atoms with van der Waals surface area (Å²) in [4.78, 5) is 0. The minimum atomic E-state index is -0.0699. The van der Waals surface area contributed by atoms with Gasteiger partial charge in [0.15, 0.2) is 0 Å². The monoisotopic (exact) mass is 189 g/mol. The molecule has 76 valence electrons. The highest BCUT2D eigenvalue weighted by molar-refractivity contribution is 5.25. The van der Waals surface area contributed by atoms with E-state index in [1.807, 2.05) is 0 Å². The molecule has 1 aliphatic rings. The highest BCUT2D eigenvalue weighted by Crippen LogP contribution is 2.38. The minimum absolute atomic E-state index is 0.0699. The van der Waals surface area contributed by atoms with Gasteiger partial charge in [0.25, 0.3) is 0 Å². The van der Waals surface area contributed by atoms with Gasteiger partial charge in [-0.25, -0.2) is 0 Å². The molecule has 2 rings (SSSR count). The van der Waals surface area contributed by atoms with Gasteiger partial charge in [-0.3, -0.25) is 0 Å². The zero-order valence-corrected chi connectivity index (χ0v) is 8.87. The SMILES string of the molecule is C[C@@H]1CCCC[C@]1(N)c1ccccc1. The Morgan fingerprint density at radius 3 is 2.57 bits per heavy atom. The van der Waals surface area contributed by atoms with Crippen LogP contribution in [0.4, 0.5) is 0 Å². The molecule has 1 aliphatic carbocycles. The molecule has 0 saturated heterocycles. The molecule has 2 atom stereocenters. The predicted octanol–water partition coefficient (Wildman–Crippen LogP) is 3.05. The Morgan fingerprint density at radius 2 is 1.93 bits per heavy atom. The lowest BCUT2D eigenvalue weighted by Gasteiger charge is -2.40. The Labute approximate surface area is 86.3 Å². The van der Waals surface area contributed by atoms with Gasteiger partial charge in [-0.1, -0.05) is 50.1 Å². The Morgan fingerprint density at radius 1 is 1.21 bits per heavy atom. The van der Waals surface area contributed by atoms with Gasteiger partial charge >= 0.3 is 0 Å². The van der Waals surface area contributed by atoms with Crippen molar-refractivity contribution < 1.29 is 0 Å². The van der Waals surface area contributed by atoms with Crippen LogP contribution in [0.25, 0.3) is 0 Å². The van der Waals surface area contributed by atoms with Gasteiger partial charge in [0.05, 0.1) is 0 Å². The lowest BCUT2D eigenvalue weighted by Crippen LogP contribution is -2.45. The molecule has 0 aromatic heterocycles. The second kappa shape index (κ2) is 3.74. The third kappa shape index (κ3) is 1.57. The largest absolute Gasteiger partial charge is 0.321 e. The van der Waals surface area contributed by atoms with Crippen molar-refractivity contribution in [2.75, 3.05) is 0 Å². The van der Waals surface area contributed by atoms with Gasteiger partial charge in [0.2, 0.25) is 0 Å². The first-order valence-electron chi connectivity index (χ1n) is 5.58. The zero-order valence-electron chi connectivity index (χ0n) is 8.87. The number of hydrogen-bond donors (Lipinski definition) is 1. The van der Waals surface area contributed by atoms with Crippen LogP contribution in [0.2, 0.25) is 0 Å². The van der Waals surface area contributed by atoms with E-state index in [9.17, 15) is 0 Å². The summed E-state index contributed by atoms with van der Waals surface area (Å²) in [5, 5.41) is 0. The quantitative estimate of drug-likeness (QED) is 0.722. The molecule has 1 heteroatoms. The topological polar surface area (TPSA) is 26.0 Å². The Balaban J connectivity index is 2.30. The normalized spacial score (nSPS) is 32.9. The molecular weight excluding hydrogens is 170 g/mol. The van der Waals surface area contributed by atoms with E-state index in [0.717, 1.165) is 6.42 Å². The second-order valence-corrected chi connectivity index (χ2v) is 4.55. The van der Waals surface area contributed by atoms with Crippen molar-refractivity contribution >= 4 is 0 Å². The van der Waals surface area contributed by atoms with Crippen LogP contribution in [0.15, 0.2) is 30.3 Å². The summed E-state index contributed by atoms with van der Waals surface area (Å²) in [7, 11) is 0. The van der Waals surface area contributed by atoms with Gasteiger partial charge in [-0.2, -0.15) is 0 Å². The van der Waals surface area contributed by atoms with E-state index in [-0.39, 0.29) is 5.54 Å². The van der Waals surface area contributed by atoms with Crippen molar-refractivity contribution in [2.24, 2.45) is 11.7 Å². The summed E-state index contributed by atoms with van der Waals surface area (Å²) in [5.41, 5.74) is 7.77. The van der Waals surface area contributed by atoms with Crippen LogP contribution >= 0.6 is 0 Å². The van der Waals surface area contributed by atoms with Crippen LogP contribution in [0.1, 0.15) is 38.2 Å². The van der Waals surface area contributed by atoms with Crippen molar-refractivity contribution in [2.45, 2.75) is 38.1 Å². The standard InChI is InChI=1S/C13H19N/c1-11-7-5-6-10-13(11,14)12-8-3-2-4-9-12/h2-4,8-9,11H,5-7,10,14H2,1H3/t11-,13-/m1/s1. The average molecular weight is 189 g/mol. The fourth-order valence-corrected chi connectivity index (χ4v) is 2.55. The highest BCUT2D eigenvalue weighted by atomic mass is 14.8. The van der Waals surface area contributed by atoms with E-state index in [1.54, 1.807) is 0 Å². The summed E-state index contributed by atoms with van der Waals surface area (Å²) >= 11 is 0. The summed E-state index contributed by atoms with van der Waals surface area (Å²) in [6, 6.07) is 10.6. The lowest BCUT2D eigenvalue weighted by atomic mass is 9.70. The molecule has 14 heavy (non-hydrogen) atoms. The van der Waals surface area contributed by atoms with Crippen molar-refractivity contribution in [3.05, 3.63) is 35.9 Å². The number of benzene rings is 1. The maximum atomic E-state index is 6.52. The third-order valence-corrected chi connectivity index (χ3v) is 3.67. The molecule has 0 unspecified atom stereocenters. The maximum Gasteiger partial charge on any atom is 0.0435 e. The first-order valence-corrected chi connectivity index (χ1v) is 5.58. The van der Waals surface area contributed by atoms with E-state index in [2.05, 4.69) is 37.3 Å². The molecule has 0 spiro atoms. The molecule has 0 radical (unpaired) electrons. The minimum Gasteiger partial charge on any atom is -0.321 e. The van der Waals surface area contributed by atoms with Crippen LogP contribution in [-0.2, 0) is 5.54 Å². The van der Waals surface area contributed by atoms with Gasteiger partial charge in [-0.15, -0.1) is 0 Å². The van der Waals surface area contributed by atoms with E-state index in [4.69, 9.17) is 5.73 Å². The Kier molecular flexibility index (Phi) is 2.60. The first kappa shape index (κ1) is 9.72. The second-order valence-electron chi connectivity index (χ2n) is 4.55. The maximum absolute atomic E-state index is 6.52. The van der Waals surface area contributed by atoms with Crippen molar-refractivity contribution in [3.63, 3.8) is 0 Å². The van der Waals surface area contributed by atoms with E-state index in [1.165, 1.54) is 24.8 Å². The summed E-state index contributed by atoms with van der Waals surface area (Å²) in [6.45, 7) is 2.28. The zero-order chi connectivity index (χ0) is 10.0. The first-order chi connectivity index (χ1) is 6.73. The molecule has 0 heterocycles. The van der Waals surface area contributed by atoms with Crippen LogP contribution in [0.5, 0.6) is 0 Å². The van der Waals surface area contributed by atoms with Crippen LogP contribution < -0.4 is 5.73 Å². The van der Waals surface area contributed by atoms with Crippen molar-refractivity contribution in [3.8, 4) is 0 Å². The number of nitrogens with two attached hydrogens (primary N) is 1. The van der Waals surface area contributed by atoms with Crippen molar-refractivity contribution in [1.82, 2.24) is 0 Å². The summed E-state index contributed by atoms with van der Waals surface area (Å²) in [5.74, 6) is 0.610. The van der Waals surface area contributed by atoms with Gasteiger partial charge in [0.1, 0.15) is 0 Å². The van der Waals surface area contributed by atoms with Crippen molar-refractivity contribution in [1.29, 1.82) is 0 Å². The Hall–Kier alpha value is -0.820. The molecule has 1 fully saturated rings. The van der Waals surface area contributed by atoms with E-state index >= 15 is 0 Å². The smallest absolute Gasteiger partial charge is 0.0435 e. The van der Waals surface area contributed by atoms with Crippen LogP contribution in [0, 0.1) is 5.92 Å². The lowest BCUT2D eigenvalue weighted by molar-refractivity contribution is 0.207. The molecular formula is C13H19N. The number of hydrogen-bond acceptors (Lipinski definition) is 1. The third-order valence-electron chi connectivity index (χ3n) is 3.67.